The highest BCUT2D eigenvalue weighted by atomic mass is 35.5. The fourth-order valence-electron chi connectivity index (χ4n) is 3.07. The molecule has 4 aromatic rings. The van der Waals surface area contributed by atoms with Gasteiger partial charge in [0, 0.05) is 11.2 Å². The summed E-state index contributed by atoms with van der Waals surface area (Å²) in [7, 11) is 0. The first-order chi connectivity index (χ1) is 13.5. The minimum Gasteiger partial charge on any atom is -0.307 e. The highest BCUT2D eigenvalue weighted by Gasteiger charge is 2.15. The van der Waals surface area contributed by atoms with Gasteiger partial charge in [0.2, 0.25) is 0 Å². The summed E-state index contributed by atoms with van der Waals surface area (Å²) in [5.41, 5.74) is 8.62. The number of para-hydroxylation sites is 2. The summed E-state index contributed by atoms with van der Waals surface area (Å²) in [5, 5.41) is 11.0. The van der Waals surface area contributed by atoms with Crippen LogP contribution in [0.5, 0.6) is 0 Å². The van der Waals surface area contributed by atoms with Crippen molar-refractivity contribution in [3.05, 3.63) is 79.2 Å². The molecule has 28 heavy (non-hydrogen) atoms. The molecule has 0 bridgehead atoms. The fraction of sp³-hybridized carbons (Fsp3) is 0.0500. The van der Waals surface area contributed by atoms with Gasteiger partial charge in [-0.15, -0.1) is 0 Å². The average molecular weight is 410 g/mol. The molecule has 0 aliphatic rings. The largest absolute Gasteiger partial charge is 0.307 e. The van der Waals surface area contributed by atoms with Crippen LogP contribution in [0.15, 0.2) is 47.3 Å². The first-order valence-corrected chi connectivity index (χ1v) is 9.07. The zero-order valence-electron chi connectivity index (χ0n) is 14.6. The SMILES string of the molecule is Cc1c(C#N)c2nc3ccccc3n2c(=O)c1=CNNc1cc(Cl)ccc1Cl. The number of aromatic nitrogens is 2. The Kier molecular flexibility index (Phi) is 4.55. The van der Waals surface area contributed by atoms with Crippen LogP contribution >= 0.6 is 23.2 Å². The predicted octanol–water partition coefficient (Wildman–Crippen LogP) is 3.41. The van der Waals surface area contributed by atoms with E-state index in [2.05, 4.69) is 21.9 Å². The van der Waals surface area contributed by atoms with Gasteiger partial charge < -0.3 is 5.43 Å². The Hall–Kier alpha value is -3.27. The van der Waals surface area contributed by atoms with E-state index in [0.717, 1.165) is 0 Å². The molecule has 0 unspecified atom stereocenters. The highest BCUT2D eigenvalue weighted by Crippen LogP contribution is 2.24. The first-order valence-electron chi connectivity index (χ1n) is 8.32. The molecular weight excluding hydrogens is 397 g/mol. The molecule has 8 heteroatoms. The number of nitrogens with zero attached hydrogens (tertiary/aromatic N) is 3. The summed E-state index contributed by atoms with van der Waals surface area (Å²) in [4.78, 5) is 17.6. The van der Waals surface area contributed by atoms with Crippen molar-refractivity contribution in [2.45, 2.75) is 6.92 Å². The summed E-state index contributed by atoms with van der Waals surface area (Å²) < 4.78 is 1.46. The fourth-order valence-corrected chi connectivity index (χ4v) is 3.40. The molecular formula is C20H13Cl2N5O. The van der Waals surface area contributed by atoms with Crippen LogP contribution in [0.3, 0.4) is 0 Å². The predicted molar refractivity (Wildman–Crippen MR) is 111 cm³/mol. The minimum absolute atomic E-state index is 0.272. The number of hydrogen-bond acceptors (Lipinski definition) is 5. The van der Waals surface area contributed by atoms with E-state index in [-0.39, 0.29) is 5.56 Å². The van der Waals surface area contributed by atoms with Gasteiger partial charge in [0.15, 0.2) is 5.65 Å². The second kappa shape index (κ2) is 7.04. The molecule has 2 heterocycles. The van der Waals surface area contributed by atoms with Crippen molar-refractivity contribution in [1.82, 2.24) is 14.8 Å². The van der Waals surface area contributed by atoms with Crippen molar-refractivity contribution in [2.24, 2.45) is 0 Å². The zero-order valence-corrected chi connectivity index (χ0v) is 16.1. The summed E-state index contributed by atoms with van der Waals surface area (Å²) in [6.45, 7) is 1.72. The van der Waals surface area contributed by atoms with Crippen LogP contribution in [0.2, 0.25) is 10.0 Å². The highest BCUT2D eigenvalue weighted by molar-refractivity contribution is 6.35. The van der Waals surface area contributed by atoms with E-state index >= 15 is 0 Å². The summed E-state index contributed by atoms with van der Waals surface area (Å²) in [6, 6.07) is 14.4. The molecule has 0 aliphatic heterocycles. The standard InChI is InChI=1S/C20H13Cl2N5O/c1-11-13(9-23)19-25-16-4-2-3-5-18(16)27(19)20(28)14(11)10-24-26-17-8-12(21)6-7-15(17)22/h2-8,10,24,26H,1H3. The number of benzene rings is 2. The molecule has 0 spiro atoms. The molecule has 0 radical (unpaired) electrons. The second-order valence-electron chi connectivity index (χ2n) is 6.13. The Bertz CT molecular complexity index is 1390. The average Bonchev–Trinajstić information content (AvgIpc) is 3.06. The third-order valence-corrected chi connectivity index (χ3v) is 5.03. The van der Waals surface area contributed by atoms with Gasteiger partial charge in [-0.05, 0) is 42.8 Å². The number of hydrazine groups is 1. The van der Waals surface area contributed by atoms with E-state index in [1.807, 2.05) is 18.2 Å². The van der Waals surface area contributed by atoms with Gasteiger partial charge in [0.05, 0.1) is 32.5 Å². The lowest BCUT2D eigenvalue weighted by Crippen LogP contribution is -2.36. The van der Waals surface area contributed by atoms with Gasteiger partial charge >= 0.3 is 0 Å². The lowest BCUT2D eigenvalue weighted by atomic mass is 10.1. The molecule has 138 valence electrons. The maximum Gasteiger partial charge on any atom is 0.265 e. The van der Waals surface area contributed by atoms with Crippen LogP contribution < -0.4 is 21.6 Å². The van der Waals surface area contributed by atoms with Crippen LogP contribution in [0, 0.1) is 18.3 Å². The molecule has 0 saturated carbocycles. The lowest BCUT2D eigenvalue weighted by Gasteiger charge is -2.09. The molecule has 0 fully saturated rings. The smallest absolute Gasteiger partial charge is 0.265 e. The van der Waals surface area contributed by atoms with Crippen molar-refractivity contribution in [1.29, 1.82) is 5.26 Å². The number of fused-ring (bicyclic) bond motifs is 3. The minimum atomic E-state index is -0.272. The van der Waals surface area contributed by atoms with Crippen LogP contribution in [0.1, 0.15) is 11.1 Å². The molecule has 6 nitrogen and oxygen atoms in total. The second-order valence-corrected chi connectivity index (χ2v) is 6.97. The molecule has 2 aromatic heterocycles. The normalized spacial score (nSPS) is 11.7. The number of halogens is 2. The van der Waals surface area contributed by atoms with Crippen molar-refractivity contribution >= 4 is 51.8 Å². The number of nitrogens with one attached hydrogen (secondary N) is 2. The van der Waals surface area contributed by atoms with Gasteiger partial charge in [-0.1, -0.05) is 35.3 Å². The maximum absolute atomic E-state index is 13.1. The zero-order chi connectivity index (χ0) is 19.8. The number of nitriles is 1. The van der Waals surface area contributed by atoms with E-state index in [1.165, 1.54) is 10.6 Å². The number of pyridine rings is 1. The Balaban J connectivity index is 1.88. The van der Waals surface area contributed by atoms with Crippen molar-refractivity contribution in [3.63, 3.8) is 0 Å². The molecule has 0 amide bonds. The topological polar surface area (TPSA) is 82.2 Å². The van der Waals surface area contributed by atoms with Gasteiger partial charge in [0.1, 0.15) is 6.07 Å². The summed E-state index contributed by atoms with van der Waals surface area (Å²) >= 11 is 12.1. The van der Waals surface area contributed by atoms with E-state index in [9.17, 15) is 10.1 Å². The monoisotopic (exact) mass is 409 g/mol. The third-order valence-electron chi connectivity index (χ3n) is 4.46. The molecule has 0 atom stereocenters. The maximum atomic E-state index is 13.1. The van der Waals surface area contributed by atoms with Gasteiger partial charge in [-0.3, -0.25) is 14.6 Å². The van der Waals surface area contributed by atoms with E-state index in [0.29, 0.717) is 48.8 Å². The van der Waals surface area contributed by atoms with Crippen molar-refractivity contribution < 1.29 is 0 Å². The van der Waals surface area contributed by atoms with E-state index < -0.39 is 0 Å². The van der Waals surface area contributed by atoms with Crippen LogP contribution in [-0.4, -0.2) is 9.38 Å². The third kappa shape index (κ3) is 2.91. The van der Waals surface area contributed by atoms with E-state index in [1.54, 1.807) is 31.2 Å². The van der Waals surface area contributed by atoms with Crippen LogP contribution in [0.25, 0.3) is 22.9 Å². The van der Waals surface area contributed by atoms with Crippen LogP contribution in [-0.2, 0) is 0 Å². The Morgan fingerprint density at radius 1 is 1.21 bits per heavy atom. The summed E-state index contributed by atoms with van der Waals surface area (Å²) in [6.07, 6.45) is 1.50. The molecule has 2 N–H and O–H groups in total. The number of anilines is 1. The molecule has 0 saturated heterocycles. The molecule has 2 aromatic carbocycles. The summed E-state index contributed by atoms with van der Waals surface area (Å²) in [5.74, 6) is 0. The Morgan fingerprint density at radius 2 is 2.00 bits per heavy atom. The Labute approximate surface area is 169 Å². The molecule has 0 aliphatic carbocycles. The van der Waals surface area contributed by atoms with Crippen molar-refractivity contribution in [2.75, 3.05) is 5.43 Å². The van der Waals surface area contributed by atoms with Gasteiger partial charge in [0.25, 0.3) is 5.56 Å². The van der Waals surface area contributed by atoms with E-state index in [4.69, 9.17) is 23.2 Å². The van der Waals surface area contributed by atoms with Gasteiger partial charge in [-0.25, -0.2) is 4.98 Å². The first kappa shape index (κ1) is 18.1. The number of rotatable bonds is 3. The number of imidazole rings is 1. The van der Waals surface area contributed by atoms with Crippen LogP contribution in [0.4, 0.5) is 5.69 Å². The lowest BCUT2D eigenvalue weighted by molar-refractivity contribution is 1.06. The van der Waals surface area contributed by atoms with Gasteiger partial charge in [-0.2, -0.15) is 5.26 Å². The van der Waals surface area contributed by atoms with Crippen molar-refractivity contribution in [3.8, 4) is 6.07 Å². The molecule has 4 rings (SSSR count). The quantitative estimate of drug-likeness (QED) is 0.506. The number of hydrogen-bond donors (Lipinski definition) is 2. The Morgan fingerprint density at radius 3 is 2.79 bits per heavy atom.